The first-order chi connectivity index (χ1) is 7.61. The Labute approximate surface area is 95.3 Å². The summed E-state index contributed by atoms with van der Waals surface area (Å²) in [6.07, 6.45) is 0.325. The van der Waals surface area contributed by atoms with E-state index in [-0.39, 0.29) is 11.8 Å². The second-order valence-electron chi connectivity index (χ2n) is 3.66. The van der Waals surface area contributed by atoms with Crippen molar-refractivity contribution in [3.8, 4) is 0 Å². The van der Waals surface area contributed by atoms with Gasteiger partial charge in [-0.05, 0) is 12.1 Å². The molecule has 0 aliphatic heterocycles. The van der Waals surface area contributed by atoms with Crippen LogP contribution in [0.25, 0.3) is 0 Å². The molecular weight excluding hydrogens is 204 g/mol. The third-order valence-corrected chi connectivity index (χ3v) is 2.16. The van der Waals surface area contributed by atoms with Gasteiger partial charge in [-0.2, -0.15) is 0 Å². The molecule has 0 bridgehead atoms. The van der Waals surface area contributed by atoms with E-state index in [4.69, 9.17) is 0 Å². The van der Waals surface area contributed by atoms with E-state index in [1.54, 1.807) is 38.4 Å². The molecule has 4 heteroatoms. The van der Waals surface area contributed by atoms with Crippen LogP contribution in [0.1, 0.15) is 16.8 Å². The summed E-state index contributed by atoms with van der Waals surface area (Å²) < 4.78 is 0. The van der Waals surface area contributed by atoms with Crippen LogP contribution in [-0.4, -0.2) is 37.4 Å². The quantitative estimate of drug-likeness (QED) is 0.819. The van der Waals surface area contributed by atoms with Crippen LogP contribution < -0.4 is 5.32 Å². The molecule has 4 nitrogen and oxygen atoms in total. The van der Waals surface area contributed by atoms with Gasteiger partial charge in [0, 0.05) is 32.6 Å². The summed E-state index contributed by atoms with van der Waals surface area (Å²) in [4.78, 5) is 24.3. The minimum atomic E-state index is -0.146. The zero-order valence-electron chi connectivity index (χ0n) is 9.56. The normalized spacial score (nSPS) is 9.62. The highest BCUT2D eigenvalue weighted by molar-refractivity contribution is 5.94. The SMILES string of the molecule is CN(C)C(=O)CCNC(=O)c1ccccc1. The third kappa shape index (κ3) is 3.73. The Hall–Kier alpha value is -1.84. The van der Waals surface area contributed by atoms with Gasteiger partial charge in [0.25, 0.3) is 5.91 Å². The fourth-order valence-corrected chi connectivity index (χ4v) is 1.20. The lowest BCUT2D eigenvalue weighted by Crippen LogP contribution is -2.30. The van der Waals surface area contributed by atoms with Gasteiger partial charge in [0.15, 0.2) is 0 Å². The van der Waals surface area contributed by atoms with Crippen molar-refractivity contribution < 1.29 is 9.59 Å². The molecule has 1 N–H and O–H groups in total. The summed E-state index contributed by atoms with van der Waals surface area (Å²) in [6, 6.07) is 8.94. The fraction of sp³-hybridized carbons (Fsp3) is 0.333. The Bertz CT molecular complexity index is 361. The van der Waals surface area contributed by atoms with Gasteiger partial charge < -0.3 is 10.2 Å². The summed E-state index contributed by atoms with van der Waals surface area (Å²) in [6.45, 7) is 0.366. The van der Waals surface area contributed by atoms with Gasteiger partial charge in [-0.3, -0.25) is 9.59 Å². The number of nitrogens with one attached hydrogen (secondary N) is 1. The molecule has 0 heterocycles. The van der Waals surface area contributed by atoms with Gasteiger partial charge in [0.2, 0.25) is 5.91 Å². The van der Waals surface area contributed by atoms with Gasteiger partial charge in [-0.1, -0.05) is 18.2 Å². The number of benzene rings is 1. The number of carbonyl (C=O) groups is 2. The highest BCUT2D eigenvalue weighted by atomic mass is 16.2. The van der Waals surface area contributed by atoms with Gasteiger partial charge in [0.05, 0.1) is 0 Å². The smallest absolute Gasteiger partial charge is 0.251 e. The van der Waals surface area contributed by atoms with Crippen molar-refractivity contribution in [1.29, 1.82) is 0 Å². The first-order valence-corrected chi connectivity index (χ1v) is 5.14. The van der Waals surface area contributed by atoms with Gasteiger partial charge in [0.1, 0.15) is 0 Å². The minimum absolute atomic E-state index is 0.00774. The van der Waals surface area contributed by atoms with Crippen LogP contribution in [0.3, 0.4) is 0 Å². The van der Waals surface area contributed by atoms with Gasteiger partial charge >= 0.3 is 0 Å². The van der Waals surface area contributed by atoms with E-state index in [1.165, 1.54) is 4.90 Å². The zero-order valence-corrected chi connectivity index (χ0v) is 9.56. The van der Waals surface area contributed by atoms with Crippen molar-refractivity contribution >= 4 is 11.8 Å². The summed E-state index contributed by atoms with van der Waals surface area (Å²) in [5, 5.41) is 2.70. The zero-order chi connectivity index (χ0) is 12.0. The van der Waals surface area contributed by atoms with Crippen LogP contribution in [0, 0.1) is 0 Å². The average Bonchev–Trinajstić information content (AvgIpc) is 2.29. The van der Waals surface area contributed by atoms with Crippen LogP contribution in [0.2, 0.25) is 0 Å². The second-order valence-corrected chi connectivity index (χ2v) is 3.66. The number of rotatable bonds is 4. The summed E-state index contributed by atoms with van der Waals surface area (Å²) in [5.41, 5.74) is 0.611. The second kappa shape index (κ2) is 5.90. The van der Waals surface area contributed by atoms with Crippen LogP contribution >= 0.6 is 0 Å². The predicted molar refractivity (Wildman–Crippen MR) is 62.1 cm³/mol. The topological polar surface area (TPSA) is 49.4 Å². The van der Waals surface area contributed by atoms with E-state index in [9.17, 15) is 9.59 Å². The Morgan fingerprint density at radius 3 is 2.38 bits per heavy atom. The number of amides is 2. The molecular formula is C12H16N2O2. The largest absolute Gasteiger partial charge is 0.352 e. The summed E-state index contributed by atoms with van der Waals surface area (Å²) in [5.74, 6) is -0.138. The molecule has 0 aliphatic rings. The molecule has 16 heavy (non-hydrogen) atoms. The van der Waals surface area contributed by atoms with Crippen molar-refractivity contribution in [2.24, 2.45) is 0 Å². The summed E-state index contributed by atoms with van der Waals surface area (Å²) in [7, 11) is 3.39. The van der Waals surface area contributed by atoms with E-state index in [2.05, 4.69) is 5.32 Å². The van der Waals surface area contributed by atoms with Crippen LogP contribution in [0.5, 0.6) is 0 Å². The Kier molecular flexibility index (Phi) is 4.51. The Balaban J connectivity index is 2.34. The maximum Gasteiger partial charge on any atom is 0.251 e. The molecule has 0 fully saturated rings. The van der Waals surface area contributed by atoms with E-state index in [1.807, 2.05) is 6.07 Å². The van der Waals surface area contributed by atoms with E-state index in [0.717, 1.165) is 0 Å². The Morgan fingerprint density at radius 2 is 1.81 bits per heavy atom. The molecule has 0 aromatic heterocycles. The van der Waals surface area contributed by atoms with Crippen LogP contribution in [0.4, 0.5) is 0 Å². The lowest BCUT2D eigenvalue weighted by molar-refractivity contribution is -0.128. The van der Waals surface area contributed by atoms with E-state index in [0.29, 0.717) is 18.5 Å². The molecule has 0 spiro atoms. The lowest BCUT2D eigenvalue weighted by Gasteiger charge is -2.10. The monoisotopic (exact) mass is 220 g/mol. The standard InChI is InChI=1S/C12H16N2O2/c1-14(2)11(15)8-9-13-12(16)10-6-4-3-5-7-10/h3-7H,8-9H2,1-2H3,(H,13,16). The molecule has 0 radical (unpaired) electrons. The first-order valence-electron chi connectivity index (χ1n) is 5.14. The van der Waals surface area contributed by atoms with Crippen molar-refractivity contribution in [2.75, 3.05) is 20.6 Å². The van der Waals surface area contributed by atoms with Gasteiger partial charge in [-0.25, -0.2) is 0 Å². The fourth-order valence-electron chi connectivity index (χ4n) is 1.20. The average molecular weight is 220 g/mol. The molecule has 1 aromatic rings. The predicted octanol–water partition coefficient (Wildman–Crippen LogP) is 0.895. The van der Waals surface area contributed by atoms with E-state index < -0.39 is 0 Å². The maximum absolute atomic E-state index is 11.6. The third-order valence-electron chi connectivity index (χ3n) is 2.16. The Morgan fingerprint density at radius 1 is 1.19 bits per heavy atom. The van der Waals surface area contributed by atoms with Crippen LogP contribution in [-0.2, 0) is 4.79 Å². The molecule has 1 aromatic carbocycles. The molecule has 0 saturated carbocycles. The summed E-state index contributed by atoms with van der Waals surface area (Å²) >= 11 is 0. The molecule has 0 unspecified atom stereocenters. The molecule has 1 rings (SSSR count). The molecule has 0 atom stereocenters. The number of carbonyl (C=O) groups excluding carboxylic acids is 2. The highest BCUT2D eigenvalue weighted by Crippen LogP contribution is 1.97. The van der Waals surface area contributed by atoms with Crippen molar-refractivity contribution in [3.05, 3.63) is 35.9 Å². The van der Waals surface area contributed by atoms with Crippen molar-refractivity contribution in [2.45, 2.75) is 6.42 Å². The van der Waals surface area contributed by atoms with E-state index >= 15 is 0 Å². The first kappa shape index (κ1) is 12.2. The van der Waals surface area contributed by atoms with Crippen molar-refractivity contribution in [1.82, 2.24) is 10.2 Å². The minimum Gasteiger partial charge on any atom is -0.352 e. The lowest BCUT2D eigenvalue weighted by atomic mass is 10.2. The highest BCUT2D eigenvalue weighted by Gasteiger charge is 2.06. The molecule has 86 valence electrons. The number of hydrogen-bond donors (Lipinski definition) is 1. The number of nitrogens with zero attached hydrogens (tertiary/aromatic N) is 1. The molecule has 2 amide bonds. The van der Waals surface area contributed by atoms with Gasteiger partial charge in [-0.15, -0.1) is 0 Å². The maximum atomic E-state index is 11.6. The van der Waals surface area contributed by atoms with Crippen molar-refractivity contribution in [3.63, 3.8) is 0 Å². The molecule has 0 aliphatic carbocycles. The molecule has 0 saturated heterocycles. The number of hydrogen-bond acceptors (Lipinski definition) is 2. The van der Waals surface area contributed by atoms with Crippen LogP contribution in [0.15, 0.2) is 30.3 Å².